The lowest BCUT2D eigenvalue weighted by atomic mass is 10.0. The fourth-order valence-corrected chi connectivity index (χ4v) is 3.89. The first-order valence-corrected chi connectivity index (χ1v) is 10.3. The molecule has 2 heterocycles. The summed E-state index contributed by atoms with van der Waals surface area (Å²) in [6.07, 6.45) is 2.21. The van der Waals surface area contributed by atoms with Crippen LogP contribution in [-0.4, -0.2) is 23.2 Å². The van der Waals surface area contributed by atoms with E-state index in [1.807, 2.05) is 85.8 Å². The summed E-state index contributed by atoms with van der Waals surface area (Å²) < 4.78 is 11.5. The van der Waals surface area contributed by atoms with Gasteiger partial charge in [-0.25, -0.2) is 5.01 Å². The second-order valence-electron chi connectivity index (χ2n) is 7.65. The quantitative estimate of drug-likeness (QED) is 0.437. The lowest BCUT2D eigenvalue weighted by Gasteiger charge is -2.20. The number of fused-ring (bicyclic) bond motifs is 1. The predicted octanol–water partition coefficient (Wildman–Crippen LogP) is 5.50. The van der Waals surface area contributed by atoms with Crippen molar-refractivity contribution in [3.8, 4) is 5.75 Å². The maximum absolute atomic E-state index is 13.1. The Morgan fingerprint density at radius 2 is 1.84 bits per heavy atom. The number of amides is 1. The number of carbonyl (C=O) groups excluding carboxylic acids is 1. The molecule has 0 N–H and O–H groups in total. The molecule has 154 valence electrons. The Kier molecular flexibility index (Phi) is 5.00. The maximum Gasteiger partial charge on any atom is 0.281 e. The zero-order valence-corrected chi connectivity index (χ0v) is 17.2. The summed E-state index contributed by atoms with van der Waals surface area (Å²) in [6, 6.07) is 25.4. The lowest BCUT2D eigenvalue weighted by Crippen LogP contribution is -2.31. The molecule has 1 aromatic heterocycles. The highest BCUT2D eigenvalue weighted by molar-refractivity contribution is 6.03. The molecule has 0 fully saturated rings. The summed E-state index contributed by atoms with van der Waals surface area (Å²) >= 11 is 0. The summed E-state index contributed by atoms with van der Waals surface area (Å²) in [7, 11) is 0. The highest BCUT2D eigenvalue weighted by Crippen LogP contribution is 2.33. The van der Waals surface area contributed by atoms with Crippen LogP contribution in [-0.2, 0) is 4.79 Å². The average molecular weight is 410 g/mol. The van der Waals surface area contributed by atoms with E-state index in [4.69, 9.17) is 9.15 Å². The Hall–Kier alpha value is -3.86. The van der Waals surface area contributed by atoms with E-state index in [-0.39, 0.29) is 18.6 Å². The van der Waals surface area contributed by atoms with Crippen LogP contribution < -0.4 is 4.74 Å². The van der Waals surface area contributed by atoms with Crippen molar-refractivity contribution in [2.45, 2.75) is 19.4 Å². The molecule has 0 unspecified atom stereocenters. The van der Waals surface area contributed by atoms with Crippen LogP contribution in [0.5, 0.6) is 5.75 Å². The minimum Gasteiger partial charge on any atom is -0.483 e. The largest absolute Gasteiger partial charge is 0.483 e. The predicted molar refractivity (Wildman–Crippen MR) is 120 cm³/mol. The van der Waals surface area contributed by atoms with E-state index in [1.165, 1.54) is 10.6 Å². The summed E-state index contributed by atoms with van der Waals surface area (Å²) in [5.74, 6) is 1.18. The molecule has 0 spiro atoms. The molecule has 0 saturated carbocycles. The molecule has 1 aliphatic rings. The smallest absolute Gasteiger partial charge is 0.281 e. The van der Waals surface area contributed by atoms with Crippen LogP contribution in [0.3, 0.4) is 0 Å². The van der Waals surface area contributed by atoms with Crippen molar-refractivity contribution in [2.75, 3.05) is 6.61 Å². The molecule has 31 heavy (non-hydrogen) atoms. The highest BCUT2D eigenvalue weighted by Gasteiger charge is 2.35. The van der Waals surface area contributed by atoms with Gasteiger partial charge in [0.2, 0.25) is 0 Å². The number of hydrogen-bond acceptors (Lipinski definition) is 4. The molecular formula is C26H22N2O3. The number of carbonyl (C=O) groups is 1. The van der Waals surface area contributed by atoms with E-state index in [1.54, 1.807) is 6.26 Å². The van der Waals surface area contributed by atoms with E-state index < -0.39 is 0 Å². The maximum atomic E-state index is 13.1. The Labute approximate surface area is 180 Å². The van der Waals surface area contributed by atoms with Crippen LogP contribution in [0, 0.1) is 6.92 Å². The van der Waals surface area contributed by atoms with E-state index >= 15 is 0 Å². The molecule has 5 heteroatoms. The average Bonchev–Trinajstić information content (AvgIpc) is 3.48. The van der Waals surface area contributed by atoms with Gasteiger partial charge in [0, 0.05) is 11.8 Å². The van der Waals surface area contributed by atoms with Crippen LogP contribution in [0.1, 0.15) is 29.3 Å². The normalized spacial score (nSPS) is 15.8. The molecule has 1 atom stereocenters. The minimum absolute atomic E-state index is 0.101. The van der Waals surface area contributed by atoms with Crippen LogP contribution in [0.25, 0.3) is 10.8 Å². The van der Waals surface area contributed by atoms with Gasteiger partial charge in [-0.2, -0.15) is 5.10 Å². The van der Waals surface area contributed by atoms with Gasteiger partial charge in [-0.05, 0) is 36.1 Å². The van der Waals surface area contributed by atoms with Crippen LogP contribution >= 0.6 is 0 Å². The fraction of sp³-hybridized carbons (Fsp3) is 0.154. The molecule has 3 aromatic carbocycles. The first-order valence-electron chi connectivity index (χ1n) is 10.3. The zero-order chi connectivity index (χ0) is 21.2. The third-order valence-electron chi connectivity index (χ3n) is 5.52. The van der Waals surface area contributed by atoms with Crippen molar-refractivity contribution in [3.63, 3.8) is 0 Å². The van der Waals surface area contributed by atoms with Crippen molar-refractivity contribution in [3.05, 3.63) is 102 Å². The molecule has 5 rings (SSSR count). The van der Waals surface area contributed by atoms with Crippen molar-refractivity contribution in [2.24, 2.45) is 5.10 Å². The van der Waals surface area contributed by atoms with E-state index in [2.05, 4.69) is 5.10 Å². The van der Waals surface area contributed by atoms with Gasteiger partial charge in [0.1, 0.15) is 17.6 Å². The lowest BCUT2D eigenvalue weighted by molar-refractivity contribution is -0.135. The van der Waals surface area contributed by atoms with Gasteiger partial charge in [0.25, 0.3) is 5.91 Å². The van der Waals surface area contributed by atoms with E-state index in [9.17, 15) is 4.79 Å². The number of hydrazone groups is 1. The Morgan fingerprint density at radius 3 is 2.65 bits per heavy atom. The zero-order valence-electron chi connectivity index (χ0n) is 17.2. The number of benzene rings is 3. The molecule has 0 bridgehead atoms. The molecule has 1 aliphatic heterocycles. The topological polar surface area (TPSA) is 55.0 Å². The standard InChI is InChI=1S/C26H22N2O3/c1-18-11-13-20(14-12-18)22-16-23(25-10-5-15-30-25)28(27-22)26(29)17-31-24-9-4-7-19-6-2-3-8-21(19)24/h2-15,23H,16-17H2,1H3/t23-/m0/s1. The summed E-state index contributed by atoms with van der Waals surface area (Å²) in [6.45, 7) is 1.95. The van der Waals surface area contributed by atoms with Crippen molar-refractivity contribution in [1.29, 1.82) is 0 Å². The summed E-state index contributed by atoms with van der Waals surface area (Å²) in [5.41, 5.74) is 3.05. The fourth-order valence-electron chi connectivity index (χ4n) is 3.89. The van der Waals surface area contributed by atoms with Gasteiger partial charge in [-0.1, -0.05) is 66.2 Å². The Balaban J connectivity index is 1.39. The van der Waals surface area contributed by atoms with Gasteiger partial charge in [-0.15, -0.1) is 0 Å². The van der Waals surface area contributed by atoms with Crippen LogP contribution in [0.2, 0.25) is 0 Å². The second kappa shape index (κ2) is 8.11. The first-order chi connectivity index (χ1) is 15.2. The number of nitrogens with zero attached hydrogens (tertiary/aromatic N) is 2. The number of aryl methyl sites for hydroxylation is 1. The Bertz CT molecular complexity index is 1240. The van der Waals surface area contributed by atoms with Gasteiger partial charge in [-0.3, -0.25) is 4.79 Å². The number of rotatable bonds is 5. The van der Waals surface area contributed by atoms with Gasteiger partial charge >= 0.3 is 0 Å². The third kappa shape index (κ3) is 3.82. The third-order valence-corrected chi connectivity index (χ3v) is 5.52. The van der Waals surface area contributed by atoms with Gasteiger partial charge < -0.3 is 9.15 Å². The minimum atomic E-state index is -0.282. The number of furan rings is 1. The molecule has 5 nitrogen and oxygen atoms in total. The van der Waals surface area contributed by atoms with Gasteiger partial charge in [0.15, 0.2) is 6.61 Å². The highest BCUT2D eigenvalue weighted by atomic mass is 16.5. The second-order valence-corrected chi connectivity index (χ2v) is 7.65. The molecule has 1 amide bonds. The summed E-state index contributed by atoms with van der Waals surface area (Å²) in [5, 5.41) is 8.21. The molecular weight excluding hydrogens is 388 g/mol. The van der Waals surface area contributed by atoms with Crippen molar-refractivity contribution in [1.82, 2.24) is 5.01 Å². The van der Waals surface area contributed by atoms with E-state index in [0.29, 0.717) is 17.9 Å². The van der Waals surface area contributed by atoms with Crippen LogP contribution in [0.15, 0.2) is 94.6 Å². The Morgan fingerprint density at radius 1 is 1.03 bits per heavy atom. The molecule has 0 saturated heterocycles. The molecule has 0 aliphatic carbocycles. The van der Waals surface area contributed by atoms with Crippen LogP contribution in [0.4, 0.5) is 0 Å². The monoisotopic (exact) mass is 410 g/mol. The first kappa shape index (κ1) is 19.1. The van der Waals surface area contributed by atoms with Crippen molar-refractivity contribution < 1.29 is 13.9 Å². The van der Waals surface area contributed by atoms with Crippen molar-refractivity contribution >= 4 is 22.4 Å². The molecule has 0 radical (unpaired) electrons. The van der Waals surface area contributed by atoms with E-state index in [0.717, 1.165) is 22.0 Å². The molecule has 4 aromatic rings. The number of ether oxygens (including phenoxy) is 1. The SMILES string of the molecule is Cc1ccc(C2=NN(C(=O)COc3cccc4ccccc34)[C@H](c3ccco3)C2)cc1. The number of hydrogen-bond donors (Lipinski definition) is 0. The van der Waals surface area contributed by atoms with Gasteiger partial charge in [0.05, 0.1) is 12.0 Å². The summed E-state index contributed by atoms with van der Waals surface area (Å²) in [4.78, 5) is 13.1.